The average molecular weight is 195 g/mol. The SMILES string of the molecule is C#CC12CCCC(NP)(CC1)CC2. The van der Waals surface area contributed by atoms with Gasteiger partial charge in [0.2, 0.25) is 0 Å². The molecular formula is C11H18NP. The van der Waals surface area contributed by atoms with E-state index >= 15 is 0 Å². The fraction of sp³-hybridized carbons (Fsp3) is 0.818. The van der Waals surface area contributed by atoms with Gasteiger partial charge in [-0.1, -0.05) is 21.7 Å². The molecule has 3 rings (SSSR count). The zero-order chi connectivity index (χ0) is 9.36. The van der Waals surface area contributed by atoms with Crippen molar-refractivity contribution in [3.63, 3.8) is 0 Å². The van der Waals surface area contributed by atoms with E-state index in [2.05, 4.69) is 20.4 Å². The summed E-state index contributed by atoms with van der Waals surface area (Å²) in [4.78, 5) is 0. The smallest absolute Gasteiger partial charge is 0.0313 e. The zero-order valence-corrected chi connectivity index (χ0v) is 9.26. The van der Waals surface area contributed by atoms with E-state index in [4.69, 9.17) is 6.42 Å². The molecule has 72 valence electrons. The summed E-state index contributed by atoms with van der Waals surface area (Å²) in [6, 6.07) is 0. The Balaban J connectivity index is 2.19. The minimum atomic E-state index is 0.265. The number of fused-ring (bicyclic) bond motifs is 4. The summed E-state index contributed by atoms with van der Waals surface area (Å²) in [7, 11) is 2.69. The van der Waals surface area contributed by atoms with E-state index in [-0.39, 0.29) is 5.41 Å². The number of nitrogens with one attached hydrogen (secondary N) is 1. The van der Waals surface area contributed by atoms with E-state index in [1.807, 2.05) is 0 Å². The molecular weight excluding hydrogens is 177 g/mol. The lowest BCUT2D eigenvalue weighted by atomic mass is 9.70. The van der Waals surface area contributed by atoms with Gasteiger partial charge in [0.15, 0.2) is 0 Å². The van der Waals surface area contributed by atoms with Crippen LogP contribution < -0.4 is 5.09 Å². The Labute approximate surface area is 83.3 Å². The van der Waals surface area contributed by atoms with Crippen LogP contribution in [-0.4, -0.2) is 5.54 Å². The van der Waals surface area contributed by atoms with Crippen LogP contribution in [0.25, 0.3) is 0 Å². The van der Waals surface area contributed by atoms with Gasteiger partial charge in [0, 0.05) is 11.0 Å². The van der Waals surface area contributed by atoms with Gasteiger partial charge in [-0.2, -0.15) is 0 Å². The average Bonchev–Trinajstić information content (AvgIpc) is 2.49. The molecule has 2 heteroatoms. The van der Waals surface area contributed by atoms with Crippen LogP contribution in [0.4, 0.5) is 0 Å². The van der Waals surface area contributed by atoms with Gasteiger partial charge >= 0.3 is 0 Å². The molecule has 0 aliphatic heterocycles. The molecule has 0 radical (unpaired) electrons. The van der Waals surface area contributed by atoms with E-state index in [0.29, 0.717) is 5.54 Å². The molecule has 3 fully saturated rings. The lowest BCUT2D eigenvalue weighted by Crippen LogP contribution is -2.43. The van der Waals surface area contributed by atoms with Crippen LogP contribution in [-0.2, 0) is 0 Å². The molecule has 0 aromatic carbocycles. The highest BCUT2D eigenvalue weighted by molar-refractivity contribution is 7.13. The first-order valence-corrected chi connectivity index (χ1v) is 5.78. The van der Waals surface area contributed by atoms with Crippen LogP contribution in [0.3, 0.4) is 0 Å². The van der Waals surface area contributed by atoms with Crippen LogP contribution in [0.5, 0.6) is 0 Å². The zero-order valence-electron chi connectivity index (χ0n) is 8.10. The molecule has 2 bridgehead atoms. The number of rotatable bonds is 1. The van der Waals surface area contributed by atoms with Gasteiger partial charge < -0.3 is 0 Å². The van der Waals surface area contributed by atoms with Crippen molar-refractivity contribution in [3.05, 3.63) is 0 Å². The summed E-state index contributed by atoms with van der Waals surface area (Å²) in [5.41, 5.74) is 0.670. The molecule has 3 aliphatic carbocycles. The second kappa shape index (κ2) is 3.26. The van der Waals surface area contributed by atoms with Crippen LogP contribution >= 0.6 is 9.39 Å². The first-order chi connectivity index (χ1) is 6.24. The monoisotopic (exact) mass is 195 g/mol. The molecule has 1 unspecified atom stereocenters. The second-order valence-corrected chi connectivity index (χ2v) is 4.99. The molecule has 3 aliphatic rings. The molecule has 0 amide bonds. The van der Waals surface area contributed by atoms with Crippen molar-refractivity contribution in [2.45, 2.75) is 50.5 Å². The van der Waals surface area contributed by atoms with Crippen molar-refractivity contribution in [1.29, 1.82) is 0 Å². The van der Waals surface area contributed by atoms with E-state index in [1.54, 1.807) is 0 Å². The lowest BCUT2D eigenvalue weighted by Gasteiger charge is -2.40. The highest BCUT2D eigenvalue weighted by Gasteiger charge is 2.43. The molecule has 0 heterocycles. The summed E-state index contributed by atoms with van der Waals surface area (Å²) in [6.45, 7) is 0. The van der Waals surface area contributed by atoms with Gasteiger partial charge in [0.25, 0.3) is 0 Å². The van der Waals surface area contributed by atoms with Crippen molar-refractivity contribution in [3.8, 4) is 12.3 Å². The first kappa shape index (κ1) is 9.50. The van der Waals surface area contributed by atoms with E-state index in [9.17, 15) is 0 Å². The Bertz CT molecular complexity index is 233. The number of terminal acetylenes is 1. The molecule has 13 heavy (non-hydrogen) atoms. The largest absolute Gasteiger partial charge is 0.295 e. The van der Waals surface area contributed by atoms with E-state index in [0.717, 1.165) is 0 Å². The van der Waals surface area contributed by atoms with Crippen LogP contribution in [0.15, 0.2) is 0 Å². The Kier molecular flexibility index (Phi) is 2.39. The number of hydrogen-bond acceptors (Lipinski definition) is 1. The molecule has 1 atom stereocenters. The van der Waals surface area contributed by atoms with E-state index in [1.165, 1.54) is 44.9 Å². The number of hydrogen-bond donors (Lipinski definition) is 1. The second-order valence-electron chi connectivity index (χ2n) is 4.70. The lowest BCUT2D eigenvalue weighted by molar-refractivity contribution is 0.201. The molecule has 3 saturated carbocycles. The Hall–Kier alpha value is -0.0500. The molecule has 0 aromatic rings. The predicted molar refractivity (Wildman–Crippen MR) is 59.2 cm³/mol. The fourth-order valence-electron chi connectivity index (χ4n) is 2.91. The first-order valence-electron chi connectivity index (χ1n) is 5.20. The van der Waals surface area contributed by atoms with E-state index < -0.39 is 0 Å². The molecule has 0 aromatic heterocycles. The highest BCUT2D eigenvalue weighted by Crippen LogP contribution is 2.49. The van der Waals surface area contributed by atoms with Crippen molar-refractivity contribution in [1.82, 2.24) is 5.09 Å². The maximum absolute atomic E-state index is 5.65. The summed E-state index contributed by atoms with van der Waals surface area (Å²) in [6.07, 6.45) is 14.5. The Morgan fingerprint density at radius 1 is 1.08 bits per heavy atom. The third kappa shape index (κ3) is 1.51. The van der Waals surface area contributed by atoms with Gasteiger partial charge in [-0.15, -0.1) is 6.42 Å². The fourth-order valence-corrected chi connectivity index (χ4v) is 3.34. The van der Waals surface area contributed by atoms with Gasteiger partial charge in [-0.25, -0.2) is 0 Å². The van der Waals surface area contributed by atoms with Crippen LogP contribution in [0.2, 0.25) is 0 Å². The quantitative estimate of drug-likeness (QED) is 0.500. The van der Waals surface area contributed by atoms with Crippen molar-refractivity contribution in [2.24, 2.45) is 5.41 Å². The molecule has 1 nitrogen and oxygen atoms in total. The summed E-state index contributed by atoms with van der Waals surface area (Å²) >= 11 is 0. The summed E-state index contributed by atoms with van der Waals surface area (Å²) in [5, 5.41) is 3.43. The van der Waals surface area contributed by atoms with Gasteiger partial charge in [0.05, 0.1) is 0 Å². The highest BCUT2D eigenvalue weighted by atomic mass is 31.0. The third-order valence-electron chi connectivity index (χ3n) is 4.09. The minimum absolute atomic E-state index is 0.265. The van der Waals surface area contributed by atoms with Gasteiger partial charge in [-0.3, -0.25) is 5.09 Å². The molecule has 0 spiro atoms. The van der Waals surface area contributed by atoms with Crippen molar-refractivity contribution in [2.75, 3.05) is 0 Å². The minimum Gasteiger partial charge on any atom is -0.295 e. The third-order valence-corrected chi connectivity index (χ3v) is 4.70. The van der Waals surface area contributed by atoms with Crippen molar-refractivity contribution >= 4 is 9.39 Å². The van der Waals surface area contributed by atoms with Crippen LogP contribution in [0, 0.1) is 17.8 Å². The maximum Gasteiger partial charge on any atom is 0.0313 e. The summed E-state index contributed by atoms with van der Waals surface area (Å²) < 4.78 is 0. The Morgan fingerprint density at radius 2 is 1.77 bits per heavy atom. The van der Waals surface area contributed by atoms with Gasteiger partial charge in [0.1, 0.15) is 0 Å². The topological polar surface area (TPSA) is 12.0 Å². The van der Waals surface area contributed by atoms with Crippen LogP contribution in [0.1, 0.15) is 44.9 Å². The molecule has 1 N–H and O–H groups in total. The predicted octanol–water partition coefficient (Wildman–Crippen LogP) is 2.48. The van der Waals surface area contributed by atoms with Gasteiger partial charge in [-0.05, 0) is 38.5 Å². The van der Waals surface area contributed by atoms with Crippen molar-refractivity contribution < 1.29 is 0 Å². The molecule has 0 saturated heterocycles. The normalized spacial score (nSPS) is 44.0. The Morgan fingerprint density at radius 3 is 2.31 bits per heavy atom. The standard InChI is InChI=1S/C11H18NP/c1-2-10-4-3-5-11(12-13,8-6-10)9-7-10/h1,12H,3-9,13H2. The summed E-state index contributed by atoms with van der Waals surface area (Å²) in [5.74, 6) is 3.05. The maximum atomic E-state index is 5.65.